The van der Waals surface area contributed by atoms with Crippen LogP contribution in [0.2, 0.25) is 0 Å². The summed E-state index contributed by atoms with van der Waals surface area (Å²) in [6, 6.07) is 0. The molecule has 0 saturated carbocycles. The Labute approximate surface area is 65.3 Å². The zero-order valence-electron chi connectivity index (χ0n) is 7.27. The van der Waals surface area contributed by atoms with E-state index >= 15 is 0 Å². The molecule has 0 aliphatic carbocycles. The fourth-order valence-electron chi connectivity index (χ4n) is 0.874. The maximum atomic E-state index is 2.39. The Morgan fingerprint density at radius 1 is 1.10 bits per heavy atom. The number of rotatable bonds is 6. The van der Waals surface area contributed by atoms with Crippen molar-refractivity contribution in [2.24, 2.45) is 0 Å². The van der Waals surface area contributed by atoms with Crippen LogP contribution in [0, 0.1) is 6.42 Å². The van der Waals surface area contributed by atoms with Gasteiger partial charge in [-0.15, -0.1) is 0 Å². The topological polar surface area (TPSA) is 0 Å². The molecular weight excluding hydrogens is 120 g/mol. The molecule has 0 spiro atoms. The lowest BCUT2D eigenvalue weighted by atomic mass is 10.1. The average molecular weight is 139 g/mol. The van der Waals surface area contributed by atoms with Gasteiger partial charge in [0, 0.05) is 0 Å². The fourth-order valence-corrected chi connectivity index (χ4v) is 0.874. The lowest BCUT2D eigenvalue weighted by Crippen LogP contribution is -1.76. The summed E-state index contributed by atoms with van der Waals surface area (Å²) >= 11 is 0. The first kappa shape index (κ1) is 9.74. The minimum absolute atomic E-state index is 1.22. The quantitative estimate of drug-likeness (QED) is 0.388. The van der Waals surface area contributed by atoms with Crippen LogP contribution >= 0.6 is 0 Å². The zero-order valence-corrected chi connectivity index (χ0v) is 7.27. The van der Waals surface area contributed by atoms with E-state index in [2.05, 4.69) is 32.4 Å². The molecule has 0 amide bonds. The van der Waals surface area contributed by atoms with Crippen molar-refractivity contribution in [3.63, 3.8) is 0 Å². The molecule has 0 fully saturated rings. The first-order valence-corrected chi connectivity index (χ1v) is 4.34. The van der Waals surface area contributed by atoms with Gasteiger partial charge < -0.3 is 0 Å². The van der Waals surface area contributed by atoms with Gasteiger partial charge in [0.25, 0.3) is 0 Å². The van der Waals surface area contributed by atoms with Crippen LogP contribution in [-0.4, -0.2) is 0 Å². The molecule has 59 valence electrons. The SMILES string of the molecule is CC=CCC[CH]CCCC. The van der Waals surface area contributed by atoms with Crippen LogP contribution < -0.4 is 0 Å². The monoisotopic (exact) mass is 139 g/mol. The minimum Gasteiger partial charge on any atom is -0.0917 e. The van der Waals surface area contributed by atoms with Gasteiger partial charge in [-0.3, -0.25) is 0 Å². The lowest BCUT2D eigenvalue weighted by molar-refractivity contribution is 0.748. The molecule has 10 heavy (non-hydrogen) atoms. The summed E-state index contributed by atoms with van der Waals surface area (Å²) < 4.78 is 0. The van der Waals surface area contributed by atoms with Gasteiger partial charge in [0.15, 0.2) is 0 Å². The van der Waals surface area contributed by atoms with Crippen molar-refractivity contribution in [1.29, 1.82) is 0 Å². The molecule has 0 aliphatic heterocycles. The van der Waals surface area contributed by atoms with Gasteiger partial charge in [0.1, 0.15) is 0 Å². The van der Waals surface area contributed by atoms with Gasteiger partial charge in [-0.05, 0) is 26.2 Å². The van der Waals surface area contributed by atoms with Crippen LogP contribution in [-0.2, 0) is 0 Å². The van der Waals surface area contributed by atoms with Crippen LogP contribution in [0.5, 0.6) is 0 Å². The highest BCUT2D eigenvalue weighted by molar-refractivity contribution is 4.79. The van der Waals surface area contributed by atoms with E-state index in [-0.39, 0.29) is 0 Å². The summed E-state index contributed by atoms with van der Waals surface area (Å²) in [4.78, 5) is 0. The summed E-state index contributed by atoms with van der Waals surface area (Å²) in [6.45, 7) is 4.31. The molecule has 0 N–H and O–H groups in total. The van der Waals surface area contributed by atoms with E-state index in [0.717, 1.165) is 0 Å². The van der Waals surface area contributed by atoms with Gasteiger partial charge in [0.2, 0.25) is 0 Å². The Hall–Kier alpha value is -0.260. The summed E-state index contributed by atoms with van der Waals surface area (Å²) in [5.41, 5.74) is 0. The Morgan fingerprint density at radius 3 is 2.50 bits per heavy atom. The van der Waals surface area contributed by atoms with Gasteiger partial charge in [-0.25, -0.2) is 0 Å². The zero-order chi connectivity index (χ0) is 7.66. The molecule has 0 aromatic rings. The molecule has 0 heterocycles. The maximum Gasteiger partial charge on any atom is -0.0348 e. The fraction of sp³-hybridized carbons (Fsp3) is 0.700. The van der Waals surface area contributed by atoms with Gasteiger partial charge in [-0.1, -0.05) is 38.3 Å². The molecule has 0 rings (SSSR count). The van der Waals surface area contributed by atoms with Crippen molar-refractivity contribution in [3.8, 4) is 0 Å². The van der Waals surface area contributed by atoms with E-state index < -0.39 is 0 Å². The third kappa shape index (κ3) is 7.74. The molecule has 0 aliphatic rings. The van der Waals surface area contributed by atoms with Crippen molar-refractivity contribution in [2.75, 3.05) is 0 Å². The number of hydrogen-bond donors (Lipinski definition) is 0. The number of allylic oxidation sites excluding steroid dienone is 2. The second-order valence-electron chi connectivity index (χ2n) is 2.58. The predicted octanol–water partition coefficient (Wildman–Crippen LogP) is 3.74. The van der Waals surface area contributed by atoms with Crippen LogP contribution in [0.15, 0.2) is 12.2 Å². The van der Waals surface area contributed by atoms with Gasteiger partial charge >= 0.3 is 0 Å². The van der Waals surface area contributed by atoms with Gasteiger partial charge in [-0.2, -0.15) is 0 Å². The Balaban J connectivity index is 2.77. The molecule has 0 atom stereocenters. The normalized spacial score (nSPS) is 11.0. The van der Waals surface area contributed by atoms with Gasteiger partial charge in [0.05, 0.1) is 0 Å². The summed E-state index contributed by atoms with van der Waals surface area (Å²) in [6.07, 6.45) is 13.2. The second kappa shape index (κ2) is 8.74. The van der Waals surface area contributed by atoms with Crippen LogP contribution in [0.25, 0.3) is 0 Å². The summed E-state index contributed by atoms with van der Waals surface area (Å²) in [5, 5.41) is 0. The maximum absolute atomic E-state index is 2.39. The highest BCUT2D eigenvalue weighted by Crippen LogP contribution is 2.03. The third-order valence-electron chi connectivity index (χ3n) is 1.53. The lowest BCUT2D eigenvalue weighted by Gasteiger charge is -1.94. The first-order chi connectivity index (χ1) is 4.91. The standard InChI is InChI=1S/C10H19/c1-3-5-7-9-10-8-6-4-2/h3,5,10H,4,6-9H2,1-2H3. The molecule has 0 bridgehead atoms. The van der Waals surface area contributed by atoms with Crippen LogP contribution in [0.3, 0.4) is 0 Å². The Kier molecular flexibility index (Phi) is 8.51. The molecule has 1 radical (unpaired) electrons. The smallest absolute Gasteiger partial charge is 0.0348 e. The first-order valence-electron chi connectivity index (χ1n) is 4.34. The van der Waals surface area contributed by atoms with E-state index in [4.69, 9.17) is 0 Å². The summed E-state index contributed by atoms with van der Waals surface area (Å²) in [7, 11) is 0. The predicted molar refractivity (Wildman–Crippen MR) is 47.9 cm³/mol. The van der Waals surface area contributed by atoms with Crippen molar-refractivity contribution >= 4 is 0 Å². The second-order valence-corrected chi connectivity index (χ2v) is 2.58. The number of unbranched alkanes of at least 4 members (excludes halogenated alkanes) is 5. The van der Waals surface area contributed by atoms with E-state index in [1.54, 1.807) is 0 Å². The molecule has 0 aromatic heterocycles. The van der Waals surface area contributed by atoms with Crippen molar-refractivity contribution in [3.05, 3.63) is 18.6 Å². The third-order valence-corrected chi connectivity index (χ3v) is 1.53. The minimum atomic E-state index is 1.22. The van der Waals surface area contributed by atoms with E-state index in [1.165, 1.54) is 32.1 Å². The van der Waals surface area contributed by atoms with Crippen LogP contribution in [0.1, 0.15) is 46.0 Å². The van der Waals surface area contributed by atoms with Crippen LogP contribution in [0.4, 0.5) is 0 Å². The summed E-state index contributed by atoms with van der Waals surface area (Å²) in [5.74, 6) is 0. The highest BCUT2D eigenvalue weighted by atomic mass is 13.9. The van der Waals surface area contributed by atoms with E-state index in [0.29, 0.717) is 0 Å². The van der Waals surface area contributed by atoms with Crippen molar-refractivity contribution in [1.82, 2.24) is 0 Å². The molecule has 0 nitrogen and oxygen atoms in total. The van der Waals surface area contributed by atoms with E-state index in [1.807, 2.05) is 0 Å². The molecular formula is C10H19. The van der Waals surface area contributed by atoms with Crippen molar-refractivity contribution in [2.45, 2.75) is 46.0 Å². The Morgan fingerprint density at radius 2 is 1.90 bits per heavy atom. The van der Waals surface area contributed by atoms with Crippen molar-refractivity contribution < 1.29 is 0 Å². The largest absolute Gasteiger partial charge is 0.0917 e. The number of hydrogen-bond acceptors (Lipinski definition) is 0. The Bertz CT molecular complexity index is 72.1. The molecule has 0 aromatic carbocycles. The molecule has 0 heteroatoms. The van der Waals surface area contributed by atoms with E-state index in [9.17, 15) is 0 Å². The molecule has 0 saturated heterocycles. The highest BCUT2D eigenvalue weighted by Gasteiger charge is 1.85. The average Bonchev–Trinajstić information content (AvgIpc) is 1.97. The molecule has 0 unspecified atom stereocenters.